The summed E-state index contributed by atoms with van der Waals surface area (Å²) in [6, 6.07) is 4.70. The Bertz CT molecular complexity index is 1010. The van der Waals surface area contributed by atoms with Crippen molar-refractivity contribution in [2.75, 3.05) is 6.54 Å². The number of thiocarbonyl (C=S) groups is 1. The minimum Gasteiger partial charge on any atom is -0.481 e. The molecule has 1 amide bonds. The van der Waals surface area contributed by atoms with Crippen LogP contribution >= 0.6 is 35.6 Å². The molecule has 6 nitrogen and oxygen atoms in total. The summed E-state index contributed by atoms with van der Waals surface area (Å²) in [5.74, 6) is -1.28. The van der Waals surface area contributed by atoms with E-state index in [0.29, 0.717) is 31.6 Å². The lowest BCUT2D eigenvalue weighted by molar-refractivity contribution is -0.137. The molecule has 0 saturated carbocycles. The maximum absolute atomic E-state index is 12.6. The molecule has 3 rings (SSSR count). The quantitative estimate of drug-likeness (QED) is 0.597. The van der Waals surface area contributed by atoms with Crippen LogP contribution < -0.4 is 5.43 Å². The number of amides is 1. The molecular formula is C17H12ClNO5S2. The van der Waals surface area contributed by atoms with Gasteiger partial charge >= 0.3 is 5.97 Å². The number of aliphatic carboxylic acids is 1. The predicted molar refractivity (Wildman–Crippen MR) is 104 cm³/mol. The summed E-state index contributed by atoms with van der Waals surface area (Å²) in [6.07, 6.45) is 2.97. The van der Waals surface area contributed by atoms with Crippen molar-refractivity contribution in [3.05, 3.63) is 50.2 Å². The van der Waals surface area contributed by atoms with Crippen LogP contribution in [0.25, 0.3) is 17.0 Å². The van der Waals surface area contributed by atoms with Crippen LogP contribution in [0.2, 0.25) is 5.02 Å². The van der Waals surface area contributed by atoms with Gasteiger partial charge in [0.15, 0.2) is 5.43 Å². The Hall–Kier alpha value is -2.16. The Kier molecular flexibility index (Phi) is 5.45. The fourth-order valence-corrected chi connectivity index (χ4v) is 3.90. The third-order valence-electron chi connectivity index (χ3n) is 3.70. The molecule has 1 N–H and O–H groups in total. The number of rotatable bonds is 5. The molecule has 134 valence electrons. The highest BCUT2D eigenvalue weighted by Crippen LogP contribution is 2.32. The topological polar surface area (TPSA) is 87.8 Å². The molecule has 0 unspecified atom stereocenters. The van der Waals surface area contributed by atoms with Gasteiger partial charge in [-0.2, -0.15) is 0 Å². The molecule has 9 heteroatoms. The highest BCUT2D eigenvalue weighted by atomic mass is 35.5. The van der Waals surface area contributed by atoms with E-state index >= 15 is 0 Å². The zero-order valence-electron chi connectivity index (χ0n) is 13.2. The standard InChI is InChI=1S/C17H12ClNO5S2/c18-10-3-4-11-12(7-10)24-8-9(15(11)22)6-13-16(23)19(17(25)26-13)5-1-2-14(20)21/h3-4,6-8H,1-2,5H2,(H,20,21)/b13-6-. The number of halogens is 1. The van der Waals surface area contributed by atoms with Crippen LogP contribution in [0.15, 0.2) is 38.6 Å². The van der Waals surface area contributed by atoms with Crippen molar-refractivity contribution < 1.29 is 19.1 Å². The summed E-state index contributed by atoms with van der Waals surface area (Å²) in [4.78, 5) is 37.3. The van der Waals surface area contributed by atoms with Gasteiger partial charge in [0.25, 0.3) is 5.91 Å². The molecular weight excluding hydrogens is 398 g/mol. The first-order valence-corrected chi connectivity index (χ1v) is 9.15. The summed E-state index contributed by atoms with van der Waals surface area (Å²) in [7, 11) is 0. The Morgan fingerprint density at radius 2 is 2.15 bits per heavy atom. The van der Waals surface area contributed by atoms with Gasteiger partial charge in [0, 0.05) is 24.1 Å². The Morgan fingerprint density at radius 1 is 1.38 bits per heavy atom. The van der Waals surface area contributed by atoms with Crippen molar-refractivity contribution in [2.24, 2.45) is 0 Å². The van der Waals surface area contributed by atoms with Crippen molar-refractivity contribution in [3.63, 3.8) is 0 Å². The first kappa shape index (κ1) is 18.6. The summed E-state index contributed by atoms with van der Waals surface area (Å²) >= 11 is 12.1. The van der Waals surface area contributed by atoms with E-state index in [1.54, 1.807) is 18.2 Å². The van der Waals surface area contributed by atoms with E-state index in [-0.39, 0.29) is 29.9 Å². The molecule has 1 aromatic carbocycles. The van der Waals surface area contributed by atoms with Gasteiger partial charge in [-0.15, -0.1) is 0 Å². The van der Waals surface area contributed by atoms with Crippen LogP contribution in [-0.4, -0.2) is 32.7 Å². The van der Waals surface area contributed by atoms with E-state index in [0.717, 1.165) is 11.8 Å². The molecule has 2 heterocycles. The van der Waals surface area contributed by atoms with Gasteiger partial charge in [0.2, 0.25) is 0 Å². The van der Waals surface area contributed by atoms with Gasteiger partial charge in [-0.25, -0.2) is 0 Å². The molecule has 2 aromatic rings. The maximum Gasteiger partial charge on any atom is 0.303 e. The van der Waals surface area contributed by atoms with E-state index < -0.39 is 5.97 Å². The lowest BCUT2D eigenvalue weighted by Gasteiger charge is -2.13. The summed E-state index contributed by atoms with van der Waals surface area (Å²) in [5, 5.41) is 9.51. The minimum atomic E-state index is -0.931. The van der Waals surface area contributed by atoms with Crippen molar-refractivity contribution >= 4 is 68.8 Å². The van der Waals surface area contributed by atoms with Crippen molar-refractivity contribution in [1.82, 2.24) is 4.90 Å². The second kappa shape index (κ2) is 7.61. The van der Waals surface area contributed by atoms with E-state index in [1.807, 2.05) is 0 Å². The van der Waals surface area contributed by atoms with Gasteiger partial charge in [-0.05, 0) is 24.6 Å². The minimum absolute atomic E-state index is 0.0487. The van der Waals surface area contributed by atoms with Gasteiger partial charge in [-0.1, -0.05) is 35.6 Å². The summed E-state index contributed by atoms with van der Waals surface area (Å²) in [5.41, 5.74) is 0.311. The molecule has 0 aliphatic carbocycles. The number of carbonyl (C=O) groups excluding carboxylic acids is 1. The lowest BCUT2D eigenvalue weighted by Crippen LogP contribution is -2.29. The average molecular weight is 410 g/mol. The number of hydrogen-bond acceptors (Lipinski definition) is 6. The molecule has 0 bridgehead atoms. The molecule has 1 aliphatic rings. The molecule has 1 aliphatic heterocycles. The SMILES string of the molecule is O=C(O)CCCN1C(=O)/C(=C/c2coc3cc(Cl)ccc3c2=O)SC1=S. The van der Waals surface area contributed by atoms with Gasteiger partial charge in [0.05, 0.1) is 15.9 Å². The van der Waals surface area contributed by atoms with Crippen LogP contribution in [0.1, 0.15) is 18.4 Å². The first-order chi connectivity index (χ1) is 12.4. The number of hydrogen-bond donors (Lipinski definition) is 1. The maximum atomic E-state index is 12.6. The van der Waals surface area contributed by atoms with Crippen LogP contribution in [0.5, 0.6) is 0 Å². The average Bonchev–Trinajstić information content (AvgIpc) is 2.84. The zero-order valence-corrected chi connectivity index (χ0v) is 15.6. The lowest BCUT2D eigenvalue weighted by atomic mass is 10.1. The molecule has 1 fully saturated rings. The van der Waals surface area contributed by atoms with Crippen molar-refractivity contribution in [3.8, 4) is 0 Å². The molecule has 26 heavy (non-hydrogen) atoms. The van der Waals surface area contributed by atoms with E-state index in [2.05, 4.69) is 0 Å². The van der Waals surface area contributed by atoms with Gasteiger partial charge in [0.1, 0.15) is 16.2 Å². The Balaban J connectivity index is 1.87. The van der Waals surface area contributed by atoms with Crippen molar-refractivity contribution in [2.45, 2.75) is 12.8 Å². The highest BCUT2D eigenvalue weighted by Gasteiger charge is 2.31. The molecule has 0 radical (unpaired) electrons. The van der Waals surface area contributed by atoms with Crippen LogP contribution in [-0.2, 0) is 9.59 Å². The molecule has 1 aromatic heterocycles. The predicted octanol–water partition coefficient (Wildman–Crippen LogP) is 3.51. The second-order valence-corrected chi connectivity index (χ2v) is 7.60. The molecule has 1 saturated heterocycles. The molecule has 0 atom stereocenters. The first-order valence-electron chi connectivity index (χ1n) is 7.55. The number of thioether (sulfide) groups is 1. The number of fused-ring (bicyclic) bond motifs is 1. The smallest absolute Gasteiger partial charge is 0.303 e. The Labute approximate surface area is 162 Å². The number of benzene rings is 1. The van der Waals surface area contributed by atoms with Crippen molar-refractivity contribution in [1.29, 1.82) is 0 Å². The van der Waals surface area contributed by atoms with E-state index in [9.17, 15) is 14.4 Å². The second-order valence-electron chi connectivity index (χ2n) is 5.49. The fourth-order valence-electron chi connectivity index (χ4n) is 2.44. The van der Waals surface area contributed by atoms with Gasteiger partial charge < -0.3 is 9.52 Å². The monoisotopic (exact) mass is 409 g/mol. The third kappa shape index (κ3) is 3.82. The Morgan fingerprint density at radius 3 is 2.88 bits per heavy atom. The number of carboxylic acid groups (broad SMARTS) is 1. The fraction of sp³-hybridized carbons (Fsp3) is 0.176. The largest absolute Gasteiger partial charge is 0.481 e. The normalized spacial score (nSPS) is 16.0. The molecule has 0 spiro atoms. The van der Waals surface area contributed by atoms with Crippen LogP contribution in [0.3, 0.4) is 0 Å². The number of nitrogens with zero attached hydrogens (tertiary/aromatic N) is 1. The summed E-state index contributed by atoms with van der Waals surface area (Å²) in [6.45, 7) is 0.221. The third-order valence-corrected chi connectivity index (χ3v) is 5.31. The number of carboxylic acids is 1. The highest BCUT2D eigenvalue weighted by molar-refractivity contribution is 8.26. The van der Waals surface area contributed by atoms with E-state index in [1.165, 1.54) is 17.2 Å². The summed E-state index contributed by atoms with van der Waals surface area (Å²) < 4.78 is 5.77. The van der Waals surface area contributed by atoms with Crippen LogP contribution in [0.4, 0.5) is 0 Å². The van der Waals surface area contributed by atoms with E-state index in [4.69, 9.17) is 33.3 Å². The zero-order chi connectivity index (χ0) is 18.8. The van der Waals surface area contributed by atoms with Gasteiger partial charge in [-0.3, -0.25) is 19.3 Å². The van der Waals surface area contributed by atoms with Crippen LogP contribution in [0, 0.1) is 0 Å². The number of carbonyl (C=O) groups is 2.